The van der Waals surface area contributed by atoms with E-state index in [1.54, 1.807) is 6.92 Å². The first-order chi connectivity index (χ1) is 7.69. The van der Waals surface area contributed by atoms with Crippen LogP contribution in [-0.2, 0) is 13.9 Å². The number of hydrogen-bond donors (Lipinski definition) is 5. The molecular formula is C8H17O8P. The van der Waals surface area contributed by atoms with Gasteiger partial charge in [0.1, 0.15) is 18.8 Å². The zero-order chi connectivity index (χ0) is 13.6. The smallest absolute Gasteiger partial charge is 0.390 e. The van der Waals surface area contributed by atoms with E-state index >= 15 is 0 Å². The lowest BCUT2D eigenvalue weighted by Gasteiger charge is -2.21. The largest absolute Gasteiger partial charge is 0.470 e. The number of rotatable bonds is 8. The minimum absolute atomic E-state index is 0.185. The number of hydrogen-bond acceptors (Lipinski definition) is 6. The molecule has 0 aromatic heterocycles. The van der Waals surface area contributed by atoms with Gasteiger partial charge in [-0.2, -0.15) is 0 Å². The van der Waals surface area contributed by atoms with Gasteiger partial charge in [-0.1, -0.05) is 13.3 Å². The van der Waals surface area contributed by atoms with Crippen molar-refractivity contribution in [3.05, 3.63) is 0 Å². The fraction of sp³-hybridized carbons (Fsp3) is 0.875. The number of phosphoric ester groups is 1. The van der Waals surface area contributed by atoms with E-state index in [4.69, 9.17) is 9.79 Å². The van der Waals surface area contributed by atoms with Crippen molar-refractivity contribution >= 4 is 13.6 Å². The quantitative estimate of drug-likeness (QED) is 0.337. The van der Waals surface area contributed by atoms with E-state index in [0.717, 1.165) is 0 Å². The minimum Gasteiger partial charge on any atom is -0.390 e. The minimum atomic E-state index is -4.80. The maximum Gasteiger partial charge on any atom is 0.470 e. The molecule has 0 bridgehead atoms. The van der Waals surface area contributed by atoms with Crippen LogP contribution in [-0.4, -0.2) is 55.8 Å². The van der Waals surface area contributed by atoms with E-state index in [-0.39, 0.29) is 6.42 Å². The van der Waals surface area contributed by atoms with E-state index in [0.29, 0.717) is 6.42 Å². The molecule has 8 nitrogen and oxygen atoms in total. The average molecular weight is 272 g/mol. The summed E-state index contributed by atoms with van der Waals surface area (Å²) < 4.78 is 14.2. The Morgan fingerprint density at radius 1 is 1.29 bits per heavy atom. The zero-order valence-electron chi connectivity index (χ0n) is 9.26. The second-order valence-corrected chi connectivity index (χ2v) is 4.76. The van der Waals surface area contributed by atoms with E-state index < -0.39 is 38.5 Å². The molecule has 3 atom stereocenters. The molecule has 17 heavy (non-hydrogen) atoms. The van der Waals surface area contributed by atoms with E-state index in [1.165, 1.54) is 0 Å². The molecule has 0 aliphatic carbocycles. The fourth-order valence-corrected chi connectivity index (χ4v) is 1.40. The van der Waals surface area contributed by atoms with Crippen molar-refractivity contribution < 1.29 is 39.0 Å². The summed E-state index contributed by atoms with van der Waals surface area (Å²) in [4.78, 5) is 27.8. The third-order valence-electron chi connectivity index (χ3n) is 2.01. The fourth-order valence-electron chi connectivity index (χ4n) is 1.10. The predicted octanol–water partition coefficient (Wildman–Crippen LogP) is -1.45. The lowest BCUT2D eigenvalue weighted by molar-refractivity contribution is -0.141. The average Bonchev–Trinajstić information content (AvgIpc) is 2.23. The molecule has 0 spiro atoms. The Bertz CT molecular complexity index is 287. The van der Waals surface area contributed by atoms with Crippen molar-refractivity contribution in [2.24, 2.45) is 0 Å². The van der Waals surface area contributed by atoms with Crippen LogP contribution in [0.15, 0.2) is 0 Å². The lowest BCUT2D eigenvalue weighted by atomic mass is 10.0. The van der Waals surface area contributed by atoms with Crippen LogP contribution in [0.5, 0.6) is 0 Å². The van der Waals surface area contributed by atoms with Crippen molar-refractivity contribution in [1.29, 1.82) is 0 Å². The van der Waals surface area contributed by atoms with Gasteiger partial charge in [-0.15, -0.1) is 0 Å². The van der Waals surface area contributed by atoms with Crippen LogP contribution in [0.25, 0.3) is 0 Å². The van der Waals surface area contributed by atoms with Gasteiger partial charge in [-0.25, -0.2) is 4.57 Å². The SMILES string of the molecule is CCC[C@@H](O)[C@H](O)[C@@H](O)C(=O)COP(=O)(O)O. The van der Waals surface area contributed by atoms with E-state index in [2.05, 4.69) is 4.52 Å². The normalized spacial score (nSPS) is 17.5. The molecule has 5 N–H and O–H groups in total. The molecule has 0 aliphatic rings. The van der Waals surface area contributed by atoms with E-state index in [1.807, 2.05) is 0 Å². The predicted molar refractivity (Wildman–Crippen MR) is 55.9 cm³/mol. The lowest BCUT2D eigenvalue weighted by Crippen LogP contribution is -2.43. The third kappa shape index (κ3) is 6.85. The van der Waals surface area contributed by atoms with Crippen LogP contribution in [0.3, 0.4) is 0 Å². The number of carbonyl (C=O) groups excluding carboxylic acids is 1. The number of aliphatic hydroxyl groups is 3. The van der Waals surface area contributed by atoms with Crippen LogP contribution in [0, 0.1) is 0 Å². The van der Waals surface area contributed by atoms with Gasteiger partial charge in [0.05, 0.1) is 6.10 Å². The van der Waals surface area contributed by atoms with Gasteiger partial charge < -0.3 is 25.1 Å². The highest BCUT2D eigenvalue weighted by molar-refractivity contribution is 7.46. The van der Waals surface area contributed by atoms with Gasteiger partial charge in [-0.05, 0) is 6.42 Å². The Hall–Kier alpha value is -0.340. The number of ketones is 1. The van der Waals surface area contributed by atoms with Crippen molar-refractivity contribution in [3.63, 3.8) is 0 Å². The highest BCUT2D eigenvalue weighted by atomic mass is 31.2. The van der Waals surface area contributed by atoms with Crippen LogP contribution >= 0.6 is 7.82 Å². The van der Waals surface area contributed by atoms with Crippen LogP contribution in [0.1, 0.15) is 19.8 Å². The number of Topliss-reactive ketones (excluding diaryl/α,β-unsaturated/α-hetero) is 1. The van der Waals surface area contributed by atoms with Gasteiger partial charge >= 0.3 is 7.82 Å². The highest BCUT2D eigenvalue weighted by Gasteiger charge is 2.30. The number of phosphoric acid groups is 1. The van der Waals surface area contributed by atoms with Gasteiger partial charge in [0.25, 0.3) is 0 Å². The molecule has 102 valence electrons. The summed E-state index contributed by atoms with van der Waals surface area (Å²) in [6.45, 7) is 0.697. The summed E-state index contributed by atoms with van der Waals surface area (Å²) in [5.41, 5.74) is 0. The van der Waals surface area contributed by atoms with Gasteiger partial charge in [0, 0.05) is 0 Å². The molecule has 0 aromatic carbocycles. The van der Waals surface area contributed by atoms with Crippen LogP contribution in [0.2, 0.25) is 0 Å². The summed E-state index contributed by atoms with van der Waals surface area (Å²) in [7, 11) is -4.80. The zero-order valence-corrected chi connectivity index (χ0v) is 10.2. The van der Waals surface area contributed by atoms with Gasteiger partial charge in [0.15, 0.2) is 5.78 Å². The molecule has 0 aromatic rings. The Morgan fingerprint density at radius 3 is 2.24 bits per heavy atom. The first-order valence-corrected chi connectivity index (χ1v) is 6.49. The van der Waals surface area contributed by atoms with Gasteiger partial charge in [0.2, 0.25) is 0 Å². The molecule has 0 rings (SSSR count). The molecule has 0 unspecified atom stereocenters. The summed E-state index contributed by atoms with van der Waals surface area (Å²) in [6.07, 6.45) is -4.21. The molecular weight excluding hydrogens is 255 g/mol. The molecule has 0 fully saturated rings. The maximum absolute atomic E-state index is 11.2. The van der Waals surface area contributed by atoms with Gasteiger partial charge in [-0.3, -0.25) is 9.32 Å². The molecule has 0 amide bonds. The summed E-state index contributed by atoms with van der Waals surface area (Å²) in [5, 5.41) is 27.9. The molecule has 0 saturated carbocycles. The first-order valence-electron chi connectivity index (χ1n) is 4.96. The summed E-state index contributed by atoms with van der Waals surface area (Å²) in [6, 6.07) is 0. The van der Waals surface area contributed by atoms with Crippen molar-refractivity contribution in [2.75, 3.05) is 6.61 Å². The van der Waals surface area contributed by atoms with Crippen LogP contribution < -0.4 is 0 Å². The Balaban J connectivity index is 4.25. The monoisotopic (exact) mass is 272 g/mol. The second-order valence-electron chi connectivity index (χ2n) is 3.52. The van der Waals surface area contributed by atoms with Crippen molar-refractivity contribution in [3.8, 4) is 0 Å². The summed E-state index contributed by atoms with van der Waals surface area (Å²) in [5.74, 6) is -1.11. The second kappa shape index (κ2) is 7.17. The number of aliphatic hydroxyl groups excluding tert-OH is 3. The van der Waals surface area contributed by atoms with E-state index in [9.17, 15) is 24.7 Å². The van der Waals surface area contributed by atoms with Crippen molar-refractivity contribution in [2.45, 2.75) is 38.1 Å². The topological polar surface area (TPSA) is 145 Å². The standard InChI is InChI=1S/C8H17O8P/c1-2-3-5(9)7(11)8(12)6(10)4-16-17(13,14)15/h5,7-9,11-12H,2-4H2,1H3,(H2,13,14,15)/t5-,7+,8+/m1/s1. The molecule has 0 aliphatic heterocycles. The van der Waals surface area contributed by atoms with Crippen LogP contribution in [0.4, 0.5) is 0 Å². The Kier molecular flexibility index (Phi) is 7.03. The molecule has 0 saturated heterocycles. The molecule has 0 radical (unpaired) electrons. The maximum atomic E-state index is 11.2. The highest BCUT2D eigenvalue weighted by Crippen LogP contribution is 2.35. The molecule has 9 heteroatoms. The Morgan fingerprint density at radius 2 is 1.82 bits per heavy atom. The molecule has 0 heterocycles. The number of carbonyl (C=O) groups is 1. The Labute approximate surface area is 98.1 Å². The van der Waals surface area contributed by atoms with Crippen molar-refractivity contribution in [1.82, 2.24) is 0 Å². The summed E-state index contributed by atoms with van der Waals surface area (Å²) >= 11 is 0. The third-order valence-corrected chi connectivity index (χ3v) is 2.47. The first kappa shape index (κ1) is 16.7.